The van der Waals surface area contributed by atoms with E-state index in [2.05, 4.69) is 15.9 Å². The van der Waals surface area contributed by atoms with Crippen molar-refractivity contribution >= 4 is 39.1 Å². The highest BCUT2D eigenvalue weighted by atomic mass is 79.9. The third-order valence-corrected chi connectivity index (χ3v) is 3.63. The first-order valence-corrected chi connectivity index (χ1v) is 7.00. The Morgan fingerprint density at radius 3 is 2.61 bits per heavy atom. The van der Waals surface area contributed by atoms with Crippen LogP contribution in [0.25, 0.3) is 0 Å². The molecule has 0 bridgehead atoms. The number of benzene rings is 2. The monoisotopic (exact) mass is 346 g/mol. The minimum absolute atomic E-state index is 0.234. The third kappa shape index (κ3) is 3.71. The number of rotatable bonds is 3. The van der Waals surface area contributed by atoms with Crippen molar-refractivity contribution in [2.24, 2.45) is 0 Å². The van der Waals surface area contributed by atoms with Crippen LogP contribution in [0.15, 0.2) is 46.9 Å². The quantitative estimate of drug-likeness (QED) is 0.619. The normalized spacial score (nSPS) is 12.4. The Bertz CT molecular complexity index is 537. The molecule has 0 aliphatic rings. The topological polar surface area (TPSA) is 0 Å². The lowest BCUT2D eigenvalue weighted by Crippen LogP contribution is -1.96. The molecule has 0 radical (unpaired) electrons. The van der Waals surface area contributed by atoms with Gasteiger partial charge in [-0.1, -0.05) is 39.7 Å². The molecule has 2 aromatic carbocycles. The first-order chi connectivity index (χ1) is 8.54. The molecule has 1 unspecified atom stereocenters. The van der Waals surface area contributed by atoms with Crippen molar-refractivity contribution in [2.75, 3.05) is 0 Å². The molecule has 0 nitrogen and oxygen atoms in total. The van der Waals surface area contributed by atoms with Gasteiger partial charge in [-0.2, -0.15) is 0 Å². The molecular formula is C14H10BrCl2F. The minimum Gasteiger partial charge on any atom is -0.207 e. The molecule has 0 aliphatic heterocycles. The SMILES string of the molecule is Fc1cccc(CC(Cl)c2cc(Cl)cc(Br)c2)c1. The molecule has 0 amide bonds. The largest absolute Gasteiger partial charge is 0.207 e. The molecule has 18 heavy (non-hydrogen) atoms. The highest BCUT2D eigenvalue weighted by Gasteiger charge is 2.11. The highest BCUT2D eigenvalue weighted by Crippen LogP contribution is 2.30. The van der Waals surface area contributed by atoms with Gasteiger partial charge in [0.05, 0.1) is 5.38 Å². The van der Waals surface area contributed by atoms with E-state index in [0.717, 1.165) is 15.6 Å². The Kier molecular flexibility index (Phi) is 4.66. The fourth-order valence-electron chi connectivity index (χ4n) is 1.74. The van der Waals surface area contributed by atoms with Crippen molar-refractivity contribution in [2.45, 2.75) is 11.8 Å². The Labute approximate surface area is 124 Å². The smallest absolute Gasteiger partial charge is 0.123 e. The number of alkyl halides is 1. The fraction of sp³-hybridized carbons (Fsp3) is 0.143. The van der Waals surface area contributed by atoms with Gasteiger partial charge in [0.25, 0.3) is 0 Å². The Balaban J connectivity index is 2.19. The van der Waals surface area contributed by atoms with Gasteiger partial charge in [-0.15, -0.1) is 11.6 Å². The van der Waals surface area contributed by atoms with Crippen LogP contribution in [0, 0.1) is 5.82 Å². The minimum atomic E-state index is -0.247. The summed E-state index contributed by atoms with van der Waals surface area (Å²) in [5.41, 5.74) is 1.78. The van der Waals surface area contributed by atoms with Crippen LogP contribution >= 0.6 is 39.1 Å². The molecule has 0 spiro atoms. The van der Waals surface area contributed by atoms with Crippen LogP contribution in [0.4, 0.5) is 4.39 Å². The summed E-state index contributed by atoms with van der Waals surface area (Å²) < 4.78 is 14.0. The Morgan fingerprint density at radius 1 is 1.17 bits per heavy atom. The van der Waals surface area contributed by atoms with Crippen LogP contribution in [-0.4, -0.2) is 0 Å². The maximum absolute atomic E-state index is 13.1. The molecule has 0 fully saturated rings. The lowest BCUT2D eigenvalue weighted by Gasteiger charge is -2.11. The molecule has 0 heterocycles. The lowest BCUT2D eigenvalue weighted by atomic mass is 10.0. The average Bonchev–Trinajstić information content (AvgIpc) is 2.27. The van der Waals surface area contributed by atoms with Gasteiger partial charge in [0.2, 0.25) is 0 Å². The number of hydrogen-bond donors (Lipinski definition) is 0. The molecule has 0 aromatic heterocycles. The van der Waals surface area contributed by atoms with Crippen molar-refractivity contribution in [3.63, 3.8) is 0 Å². The van der Waals surface area contributed by atoms with Crippen molar-refractivity contribution in [3.8, 4) is 0 Å². The van der Waals surface area contributed by atoms with Gasteiger partial charge in [-0.05, 0) is 47.9 Å². The zero-order valence-corrected chi connectivity index (χ0v) is 12.4. The summed E-state index contributed by atoms with van der Waals surface area (Å²) in [6.45, 7) is 0. The summed E-state index contributed by atoms with van der Waals surface area (Å²) in [7, 11) is 0. The Morgan fingerprint density at radius 2 is 1.94 bits per heavy atom. The van der Waals surface area contributed by atoms with E-state index in [9.17, 15) is 4.39 Å². The summed E-state index contributed by atoms with van der Waals surface area (Å²) in [4.78, 5) is 0. The van der Waals surface area contributed by atoms with Crippen LogP contribution in [0.3, 0.4) is 0 Å². The molecule has 0 saturated carbocycles. The zero-order chi connectivity index (χ0) is 13.1. The van der Waals surface area contributed by atoms with Gasteiger partial charge in [0, 0.05) is 9.50 Å². The summed E-state index contributed by atoms with van der Waals surface area (Å²) in [6, 6.07) is 12.0. The van der Waals surface area contributed by atoms with Gasteiger partial charge in [-0.3, -0.25) is 0 Å². The van der Waals surface area contributed by atoms with Gasteiger partial charge >= 0.3 is 0 Å². The van der Waals surface area contributed by atoms with Gasteiger partial charge < -0.3 is 0 Å². The zero-order valence-electron chi connectivity index (χ0n) is 9.34. The summed E-state index contributed by atoms with van der Waals surface area (Å²) in [6.07, 6.45) is 0.562. The molecular weight excluding hydrogens is 338 g/mol. The van der Waals surface area contributed by atoms with E-state index in [4.69, 9.17) is 23.2 Å². The summed E-state index contributed by atoms with van der Waals surface area (Å²) in [5.74, 6) is -0.247. The molecule has 94 valence electrons. The number of halogens is 4. The first kappa shape index (κ1) is 13.9. The second-order valence-electron chi connectivity index (χ2n) is 4.00. The lowest BCUT2D eigenvalue weighted by molar-refractivity contribution is 0.625. The molecule has 0 saturated heterocycles. The van der Waals surface area contributed by atoms with E-state index in [1.165, 1.54) is 12.1 Å². The van der Waals surface area contributed by atoms with E-state index >= 15 is 0 Å². The van der Waals surface area contributed by atoms with Crippen LogP contribution in [0.5, 0.6) is 0 Å². The molecule has 4 heteroatoms. The summed E-state index contributed by atoms with van der Waals surface area (Å²) >= 11 is 15.7. The van der Waals surface area contributed by atoms with Crippen LogP contribution in [-0.2, 0) is 6.42 Å². The van der Waals surface area contributed by atoms with Crippen LogP contribution in [0.1, 0.15) is 16.5 Å². The fourth-order valence-corrected chi connectivity index (χ4v) is 2.94. The van der Waals surface area contributed by atoms with Gasteiger partial charge in [-0.25, -0.2) is 4.39 Å². The van der Waals surface area contributed by atoms with Crippen molar-refractivity contribution in [3.05, 3.63) is 68.9 Å². The molecule has 0 N–H and O–H groups in total. The van der Waals surface area contributed by atoms with E-state index < -0.39 is 0 Å². The predicted octanol–water partition coefficient (Wildman–Crippen LogP) is 5.76. The van der Waals surface area contributed by atoms with E-state index in [1.807, 2.05) is 18.2 Å². The van der Waals surface area contributed by atoms with Gasteiger partial charge in [0.1, 0.15) is 5.82 Å². The molecule has 2 rings (SSSR count). The van der Waals surface area contributed by atoms with E-state index in [-0.39, 0.29) is 11.2 Å². The first-order valence-electron chi connectivity index (χ1n) is 5.39. The predicted molar refractivity (Wildman–Crippen MR) is 77.9 cm³/mol. The molecule has 0 aliphatic carbocycles. The van der Waals surface area contributed by atoms with Crippen molar-refractivity contribution < 1.29 is 4.39 Å². The van der Waals surface area contributed by atoms with Gasteiger partial charge in [0.15, 0.2) is 0 Å². The molecule has 2 aromatic rings. The maximum atomic E-state index is 13.1. The van der Waals surface area contributed by atoms with Crippen LogP contribution in [0.2, 0.25) is 5.02 Å². The van der Waals surface area contributed by atoms with Crippen molar-refractivity contribution in [1.29, 1.82) is 0 Å². The van der Waals surface area contributed by atoms with Crippen molar-refractivity contribution in [1.82, 2.24) is 0 Å². The second kappa shape index (κ2) is 6.05. The number of hydrogen-bond acceptors (Lipinski definition) is 0. The highest BCUT2D eigenvalue weighted by molar-refractivity contribution is 9.10. The van der Waals surface area contributed by atoms with E-state index in [0.29, 0.717) is 11.4 Å². The Hall–Kier alpha value is -0.570. The average molecular weight is 348 g/mol. The molecule has 1 atom stereocenters. The third-order valence-electron chi connectivity index (χ3n) is 2.55. The standard InChI is InChI=1S/C14H10BrCl2F/c15-11-6-10(7-12(16)8-11)14(17)5-9-2-1-3-13(18)4-9/h1-4,6-8,14H,5H2. The van der Waals surface area contributed by atoms with E-state index in [1.54, 1.807) is 12.1 Å². The van der Waals surface area contributed by atoms with Crippen LogP contribution < -0.4 is 0 Å². The summed E-state index contributed by atoms with van der Waals surface area (Å²) in [5, 5.41) is 0.395. The second-order valence-corrected chi connectivity index (χ2v) is 5.88. The maximum Gasteiger partial charge on any atom is 0.123 e.